The van der Waals surface area contributed by atoms with E-state index in [9.17, 15) is 4.79 Å². The molecule has 2 rings (SSSR count). The number of amides is 1. The first-order valence-electron chi connectivity index (χ1n) is 6.68. The van der Waals surface area contributed by atoms with E-state index >= 15 is 0 Å². The summed E-state index contributed by atoms with van der Waals surface area (Å²) in [5.41, 5.74) is 2.38. The topological polar surface area (TPSA) is 44.9 Å². The van der Waals surface area contributed by atoms with E-state index in [0.717, 1.165) is 11.9 Å². The third-order valence-electron chi connectivity index (χ3n) is 3.00. The molecule has 0 atom stereocenters. The average Bonchev–Trinajstić information content (AvgIpc) is 2.80. The number of para-hydroxylation sites is 1. The molecular formula is C16H20N2O. The van der Waals surface area contributed by atoms with Crippen molar-refractivity contribution < 1.29 is 4.79 Å². The zero-order valence-corrected chi connectivity index (χ0v) is 11.4. The molecular weight excluding hydrogens is 236 g/mol. The number of rotatable bonds is 5. The molecule has 100 valence electrons. The maximum absolute atomic E-state index is 11.5. The van der Waals surface area contributed by atoms with Crippen molar-refractivity contribution in [3.63, 3.8) is 0 Å². The largest absolute Gasteiger partial charge is 0.361 e. The van der Waals surface area contributed by atoms with Gasteiger partial charge in [-0.1, -0.05) is 38.1 Å². The molecule has 0 spiro atoms. The van der Waals surface area contributed by atoms with Crippen molar-refractivity contribution in [1.29, 1.82) is 0 Å². The summed E-state index contributed by atoms with van der Waals surface area (Å²) in [6.45, 7) is 4.76. The van der Waals surface area contributed by atoms with E-state index in [4.69, 9.17) is 0 Å². The summed E-state index contributed by atoms with van der Waals surface area (Å²) < 4.78 is 0. The van der Waals surface area contributed by atoms with Crippen LogP contribution in [-0.4, -0.2) is 17.4 Å². The molecule has 1 aromatic carbocycles. The minimum Gasteiger partial charge on any atom is -0.361 e. The van der Waals surface area contributed by atoms with Crippen LogP contribution in [0, 0.1) is 5.92 Å². The standard InChI is InChI=1S/C16H20N2O/c1-12(2)7-8-16(19)17-10-9-13-11-18-15-6-4-3-5-14(13)15/h3-8,11-12,18H,9-10H2,1-2H3,(H,17,19)/b8-7-. The Bertz CT molecular complexity index is 581. The maximum Gasteiger partial charge on any atom is 0.243 e. The number of H-pyrrole nitrogens is 1. The Morgan fingerprint density at radius 2 is 2.16 bits per heavy atom. The number of hydrogen-bond donors (Lipinski definition) is 2. The molecule has 3 heteroatoms. The second-order valence-corrected chi connectivity index (χ2v) is 5.00. The van der Waals surface area contributed by atoms with Crippen molar-refractivity contribution in [2.75, 3.05) is 6.54 Å². The monoisotopic (exact) mass is 256 g/mol. The fourth-order valence-electron chi connectivity index (χ4n) is 2.00. The lowest BCUT2D eigenvalue weighted by Crippen LogP contribution is -2.23. The summed E-state index contributed by atoms with van der Waals surface area (Å²) in [5, 5.41) is 4.13. The Morgan fingerprint density at radius 1 is 1.37 bits per heavy atom. The number of nitrogens with one attached hydrogen (secondary N) is 2. The van der Waals surface area contributed by atoms with Gasteiger partial charge in [0, 0.05) is 23.6 Å². The van der Waals surface area contributed by atoms with Gasteiger partial charge in [0.2, 0.25) is 5.91 Å². The predicted octanol–water partition coefficient (Wildman–Crippen LogP) is 3.04. The van der Waals surface area contributed by atoms with E-state index in [0.29, 0.717) is 12.5 Å². The smallest absolute Gasteiger partial charge is 0.243 e. The molecule has 0 bridgehead atoms. The minimum absolute atomic E-state index is 0.0199. The van der Waals surface area contributed by atoms with Crippen molar-refractivity contribution in [3.05, 3.63) is 48.2 Å². The molecule has 0 unspecified atom stereocenters. The first-order chi connectivity index (χ1) is 9.16. The molecule has 1 amide bonds. The van der Waals surface area contributed by atoms with Crippen LogP contribution in [0.3, 0.4) is 0 Å². The summed E-state index contributed by atoms with van der Waals surface area (Å²) in [5.74, 6) is 0.382. The Labute approximate surface area is 113 Å². The lowest BCUT2D eigenvalue weighted by atomic mass is 10.1. The van der Waals surface area contributed by atoms with Gasteiger partial charge >= 0.3 is 0 Å². The summed E-state index contributed by atoms with van der Waals surface area (Å²) in [6.07, 6.45) is 6.37. The van der Waals surface area contributed by atoms with E-state index in [1.165, 1.54) is 10.9 Å². The SMILES string of the molecule is CC(C)/C=C\C(=O)NCCc1c[nH]c2ccccc12. The van der Waals surface area contributed by atoms with E-state index in [1.54, 1.807) is 6.08 Å². The van der Waals surface area contributed by atoms with Gasteiger partial charge in [0.15, 0.2) is 0 Å². The van der Waals surface area contributed by atoms with Crippen molar-refractivity contribution in [2.24, 2.45) is 5.92 Å². The molecule has 0 saturated heterocycles. The van der Waals surface area contributed by atoms with Crippen LogP contribution in [0.1, 0.15) is 19.4 Å². The Hall–Kier alpha value is -2.03. The first kappa shape index (κ1) is 13.4. The van der Waals surface area contributed by atoms with Gasteiger partial charge in [-0.25, -0.2) is 0 Å². The van der Waals surface area contributed by atoms with E-state index in [-0.39, 0.29) is 5.91 Å². The molecule has 0 saturated carbocycles. The molecule has 2 aromatic rings. The third kappa shape index (κ3) is 3.71. The molecule has 2 N–H and O–H groups in total. The van der Waals surface area contributed by atoms with Crippen LogP contribution < -0.4 is 5.32 Å². The van der Waals surface area contributed by atoms with Gasteiger partial charge < -0.3 is 10.3 Å². The number of allylic oxidation sites excluding steroid dienone is 1. The Morgan fingerprint density at radius 3 is 2.95 bits per heavy atom. The van der Waals surface area contributed by atoms with Crippen molar-refractivity contribution in [2.45, 2.75) is 20.3 Å². The summed E-state index contributed by atoms with van der Waals surface area (Å²) >= 11 is 0. The number of aromatic nitrogens is 1. The molecule has 0 aliphatic heterocycles. The highest BCUT2D eigenvalue weighted by atomic mass is 16.1. The second-order valence-electron chi connectivity index (χ2n) is 5.00. The zero-order chi connectivity index (χ0) is 13.7. The minimum atomic E-state index is -0.0199. The van der Waals surface area contributed by atoms with E-state index < -0.39 is 0 Å². The predicted molar refractivity (Wildman–Crippen MR) is 79.0 cm³/mol. The third-order valence-corrected chi connectivity index (χ3v) is 3.00. The number of fused-ring (bicyclic) bond motifs is 1. The van der Waals surface area contributed by atoms with Crippen LogP contribution in [0.5, 0.6) is 0 Å². The van der Waals surface area contributed by atoms with Crippen molar-refractivity contribution in [3.8, 4) is 0 Å². The van der Waals surface area contributed by atoms with Crippen LogP contribution >= 0.6 is 0 Å². The number of carbonyl (C=O) groups excluding carboxylic acids is 1. The molecule has 0 aliphatic rings. The van der Waals surface area contributed by atoms with E-state index in [1.807, 2.05) is 24.4 Å². The van der Waals surface area contributed by atoms with Gasteiger partial charge in [0.25, 0.3) is 0 Å². The van der Waals surface area contributed by atoms with Crippen LogP contribution in [0.15, 0.2) is 42.6 Å². The van der Waals surface area contributed by atoms with Gasteiger partial charge in [-0.2, -0.15) is 0 Å². The first-order valence-corrected chi connectivity index (χ1v) is 6.68. The number of aromatic amines is 1. The van der Waals surface area contributed by atoms with Crippen LogP contribution in [-0.2, 0) is 11.2 Å². The second kappa shape index (κ2) is 6.23. The molecule has 0 fully saturated rings. The fraction of sp³-hybridized carbons (Fsp3) is 0.312. The normalized spacial score (nSPS) is 11.5. The molecule has 0 aliphatic carbocycles. The lowest BCUT2D eigenvalue weighted by Gasteiger charge is -2.02. The zero-order valence-electron chi connectivity index (χ0n) is 11.4. The molecule has 3 nitrogen and oxygen atoms in total. The summed E-state index contributed by atoms with van der Waals surface area (Å²) in [7, 11) is 0. The van der Waals surface area contributed by atoms with Crippen molar-refractivity contribution in [1.82, 2.24) is 10.3 Å². The van der Waals surface area contributed by atoms with E-state index in [2.05, 4.69) is 36.3 Å². The number of hydrogen-bond acceptors (Lipinski definition) is 1. The summed E-state index contributed by atoms with van der Waals surface area (Å²) in [4.78, 5) is 14.8. The summed E-state index contributed by atoms with van der Waals surface area (Å²) in [6, 6.07) is 8.20. The van der Waals surface area contributed by atoms with Crippen LogP contribution in [0.4, 0.5) is 0 Å². The highest BCUT2D eigenvalue weighted by Crippen LogP contribution is 2.17. The maximum atomic E-state index is 11.5. The molecule has 0 radical (unpaired) electrons. The Kier molecular flexibility index (Phi) is 4.39. The van der Waals surface area contributed by atoms with Gasteiger partial charge in [0.1, 0.15) is 0 Å². The van der Waals surface area contributed by atoms with Crippen molar-refractivity contribution >= 4 is 16.8 Å². The van der Waals surface area contributed by atoms with Crippen LogP contribution in [0.2, 0.25) is 0 Å². The van der Waals surface area contributed by atoms with Gasteiger partial charge in [-0.05, 0) is 30.0 Å². The van der Waals surface area contributed by atoms with Gasteiger partial charge in [-0.15, -0.1) is 0 Å². The molecule has 1 aromatic heterocycles. The molecule has 19 heavy (non-hydrogen) atoms. The van der Waals surface area contributed by atoms with Gasteiger partial charge in [-0.3, -0.25) is 4.79 Å². The van der Waals surface area contributed by atoms with Gasteiger partial charge in [0.05, 0.1) is 0 Å². The lowest BCUT2D eigenvalue weighted by molar-refractivity contribution is -0.116. The number of carbonyl (C=O) groups is 1. The fourth-order valence-corrected chi connectivity index (χ4v) is 2.00. The Balaban J connectivity index is 1.88. The van der Waals surface area contributed by atoms with Crippen LogP contribution in [0.25, 0.3) is 10.9 Å². The quantitative estimate of drug-likeness (QED) is 0.793. The molecule has 1 heterocycles. The highest BCUT2D eigenvalue weighted by molar-refractivity contribution is 5.87. The highest BCUT2D eigenvalue weighted by Gasteiger charge is 2.03. The average molecular weight is 256 g/mol. The number of benzene rings is 1.